The Kier molecular flexibility index (Phi) is 4.88. The molecule has 0 aliphatic heterocycles. The van der Waals surface area contributed by atoms with Crippen molar-refractivity contribution >= 4 is 17.4 Å². The van der Waals surface area contributed by atoms with Gasteiger partial charge in [-0.3, -0.25) is 9.59 Å². The highest BCUT2D eigenvalue weighted by molar-refractivity contribution is 5.98. The number of amides is 1. The molecule has 106 valence electrons. The van der Waals surface area contributed by atoms with E-state index >= 15 is 0 Å². The van der Waals surface area contributed by atoms with Crippen molar-refractivity contribution in [3.05, 3.63) is 29.3 Å². The van der Waals surface area contributed by atoms with Gasteiger partial charge in [-0.25, -0.2) is 0 Å². The highest BCUT2D eigenvalue weighted by Crippen LogP contribution is 2.22. The Hall–Kier alpha value is -2.33. The zero-order chi connectivity index (χ0) is 15.3. The largest absolute Gasteiger partial charge is 0.471 e. The molecule has 20 heavy (non-hydrogen) atoms. The third-order valence-corrected chi connectivity index (χ3v) is 2.23. The van der Waals surface area contributed by atoms with Gasteiger partial charge in [0.25, 0.3) is 0 Å². The number of rotatable bonds is 2. The van der Waals surface area contributed by atoms with Gasteiger partial charge in [-0.1, -0.05) is 11.8 Å². The minimum absolute atomic E-state index is 0.0179. The lowest BCUT2D eigenvalue weighted by Crippen LogP contribution is -2.30. The van der Waals surface area contributed by atoms with Gasteiger partial charge >= 0.3 is 12.1 Å². The first kappa shape index (κ1) is 15.7. The number of Topliss-reactive ketones (excluding diaryl/α,β-unsaturated/α-hetero) is 1. The van der Waals surface area contributed by atoms with Gasteiger partial charge in [0.2, 0.25) is 0 Å². The van der Waals surface area contributed by atoms with Crippen LogP contribution in [-0.4, -0.2) is 29.6 Å². The number of hydrogen-bond donors (Lipinski definition) is 2. The Morgan fingerprint density at radius 2 is 2.00 bits per heavy atom. The van der Waals surface area contributed by atoms with E-state index in [9.17, 15) is 22.8 Å². The second-order valence-electron chi connectivity index (χ2n) is 3.73. The van der Waals surface area contributed by atoms with Crippen LogP contribution in [0.2, 0.25) is 0 Å². The predicted octanol–water partition coefficient (Wildman–Crippen LogP) is 1.73. The molecule has 4 nitrogen and oxygen atoms in total. The fourth-order valence-electron chi connectivity index (χ4n) is 1.30. The summed E-state index contributed by atoms with van der Waals surface area (Å²) in [6, 6.07) is 3.68. The number of nitrogens with one attached hydrogen (secondary N) is 1. The molecule has 0 aliphatic rings. The summed E-state index contributed by atoms with van der Waals surface area (Å²) in [4.78, 5) is 22.1. The lowest BCUT2D eigenvalue weighted by molar-refractivity contribution is -0.167. The first-order valence-electron chi connectivity index (χ1n) is 5.38. The van der Waals surface area contributed by atoms with Gasteiger partial charge in [-0.05, 0) is 25.1 Å². The van der Waals surface area contributed by atoms with Crippen LogP contribution in [0.5, 0.6) is 0 Å². The average molecular weight is 285 g/mol. The number of aliphatic hydroxyl groups excluding tert-OH is 1. The minimum Gasteiger partial charge on any atom is -0.384 e. The van der Waals surface area contributed by atoms with Crippen molar-refractivity contribution in [3.8, 4) is 11.8 Å². The highest BCUT2D eigenvalue weighted by atomic mass is 19.4. The van der Waals surface area contributed by atoms with Gasteiger partial charge in [0.1, 0.15) is 6.61 Å². The average Bonchev–Trinajstić information content (AvgIpc) is 2.36. The molecular formula is C13H10F3NO3. The molecule has 7 heteroatoms. The minimum atomic E-state index is -5.03. The number of ketones is 1. The maximum Gasteiger partial charge on any atom is 0.471 e. The summed E-state index contributed by atoms with van der Waals surface area (Å²) < 4.78 is 36.6. The summed E-state index contributed by atoms with van der Waals surface area (Å²) in [6.07, 6.45) is -5.03. The van der Waals surface area contributed by atoms with Gasteiger partial charge in [0, 0.05) is 11.1 Å². The second kappa shape index (κ2) is 6.21. The Morgan fingerprint density at radius 1 is 1.35 bits per heavy atom. The third-order valence-electron chi connectivity index (χ3n) is 2.23. The molecular weight excluding hydrogens is 275 g/mol. The SMILES string of the molecule is CC(=O)c1ccc(NC(=O)C(F)(F)F)c(C#CCO)c1. The molecule has 1 aromatic rings. The molecule has 0 saturated carbocycles. The van der Waals surface area contributed by atoms with Crippen LogP contribution in [0.25, 0.3) is 0 Å². The smallest absolute Gasteiger partial charge is 0.384 e. The lowest BCUT2D eigenvalue weighted by atomic mass is 10.1. The molecule has 1 rings (SSSR count). The van der Waals surface area contributed by atoms with Crippen molar-refractivity contribution in [1.29, 1.82) is 0 Å². The summed E-state index contributed by atoms with van der Waals surface area (Å²) in [5.41, 5.74) is 0.0693. The van der Waals surface area contributed by atoms with E-state index in [0.29, 0.717) is 0 Å². The first-order chi connectivity index (χ1) is 9.25. The van der Waals surface area contributed by atoms with Crippen molar-refractivity contribution in [2.75, 3.05) is 11.9 Å². The Balaban J connectivity index is 3.18. The van der Waals surface area contributed by atoms with E-state index < -0.39 is 18.7 Å². The highest BCUT2D eigenvalue weighted by Gasteiger charge is 2.38. The van der Waals surface area contributed by atoms with Crippen LogP contribution in [0.3, 0.4) is 0 Å². The van der Waals surface area contributed by atoms with Gasteiger partial charge in [0.05, 0.1) is 5.69 Å². The molecule has 0 aromatic heterocycles. The summed E-state index contributed by atoms with van der Waals surface area (Å²) in [6.45, 7) is 0.781. The quantitative estimate of drug-likeness (QED) is 0.642. The van der Waals surface area contributed by atoms with Crippen LogP contribution < -0.4 is 5.32 Å². The summed E-state index contributed by atoms with van der Waals surface area (Å²) >= 11 is 0. The topological polar surface area (TPSA) is 66.4 Å². The molecule has 0 radical (unpaired) electrons. The van der Waals surface area contributed by atoms with E-state index in [1.165, 1.54) is 19.1 Å². The molecule has 1 aromatic carbocycles. The standard InChI is InChI=1S/C13H10F3NO3/c1-8(19)9-4-5-11(10(7-9)3-2-6-18)17-12(20)13(14,15)16/h4-5,7,18H,6H2,1H3,(H,17,20). The monoisotopic (exact) mass is 285 g/mol. The molecule has 0 atom stereocenters. The third kappa shape index (κ3) is 4.10. The Labute approximate surface area is 112 Å². The first-order valence-corrected chi connectivity index (χ1v) is 5.38. The van der Waals surface area contributed by atoms with Gasteiger partial charge in [-0.2, -0.15) is 13.2 Å². The number of aliphatic hydroxyl groups is 1. The second-order valence-corrected chi connectivity index (χ2v) is 3.73. The molecule has 0 spiro atoms. The van der Waals surface area contributed by atoms with Gasteiger partial charge in [0.15, 0.2) is 5.78 Å². The predicted molar refractivity (Wildman–Crippen MR) is 65.1 cm³/mol. The van der Waals surface area contributed by atoms with E-state index in [-0.39, 0.29) is 22.6 Å². The van der Waals surface area contributed by atoms with E-state index in [1.54, 1.807) is 5.32 Å². The molecule has 0 bridgehead atoms. The Morgan fingerprint density at radius 3 is 2.50 bits per heavy atom. The van der Waals surface area contributed by atoms with Crippen molar-refractivity contribution in [2.24, 2.45) is 0 Å². The number of anilines is 1. The van der Waals surface area contributed by atoms with Gasteiger partial charge in [-0.15, -0.1) is 0 Å². The van der Waals surface area contributed by atoms with E-state index in [4.69, 9.17) is 5.11 Å². The summed E-state index contributed by atoms with van der Waals surface area (Å²) in [7, 11) is 0. The number of carbonyl (C=O) groups is 2. The van der Waals surface area contributed by atoms with Crippen LogP contribution in [0.4, 0.5) is 18.9 Å². The summed E-state index contributed by atoms with van der Waals surface area (Å²) in [5.74, 6) is 2.19. The molecule has 2 N–H and O–H groups in total. The van der Waals surface area contributed by atoms with E-state index in [0.717, 1.165) is 6.07 Å². The maximum absolute atomic E-state index is 12.2. The van der Waals surface area contributed by atoms with Crippen LogP contribution in [0.1, 0.15) is 22.8 Å². The zero-order valence-electron chi connectivity index (χ0n) is 10.3. The van der Waals surface area contributed by atoms with Crippen molar-refractivity contribution in [3.63, 3.8) is 0 Å². The molecule has 1 amide bonds. The van der Waals surface area contributed by atoms with Crippen LogP contribution in [0.15, 0.2) is 18.2 Å². The zero-order valence-corrected chi connectivity index (χ0v) is 10.3. The number of benzene rings is 1. The molecule has 0 fully saturated rings. The number of hydrogen-bond acceptors (Lipinski definition) is 3. The van der Waals surface area contributed by atoms with Crippen LogP contribution in [0, 0.1) is 11.8 Å². The van der Waals surface area contributed by atoms with Crippen molar-refractivity contribution in [1.82, 2.24) is 0 Å². The van der Waals surface area contributed by atoms with Crippen molar-refractivity contribution in [2.45, 2.75) is 13.1 Å². The van der Waals surface area contributed by atoms with Crippen LogP contribution in [-0.2, 0) is 4.79 Å². The fourth-order valence-corrected chi connectivity index (χ4v) is 1.30. The molecule has 0 unspecified atom stereocenters. The van der Waals surface area contributed by atoms with E-state index in [1.807, 2.05) is 0 Å². The van der Waals surface area contributed by atoms with Crippen molar-refractivity contribution < 1.29 is 27.9 Å². The summed E-state index contributed by atoms with van der Waals surface area (Å²) in [5, 5.41) is 10.3. The van der Waals surface area contributed by atoms with Crippen LogP contribution >= 0.6 is 0 Å². The molecule has 0 heterocycles. The number of carbonyl (C=O) groups excluding carboxylic acids is 2. The maximum atomic E-state index is 12.2. The molecule has 0 saturated heterocycles. The number of halogens is 3. The fraction of sp³-hybridized carbons (Fsp3) is 0.231. The number of alkyl halides is 3. The van der Waals surface area contributed by atoms with Gasteiger partial charge < -0.3 is 10.4 Å². The lowest BCUT2D eigenvalue weighted by Gasteiger charge is -2.10. The molecule has 0 aliphatic carbocycles. The van der Waals surface area contributed by atoms with E-state index in [2.05, 4.69) is 11.8 Å². The normalized spacial score (nSPS) is 10.4. The Bertz CT molecular complexity index is 597.